The van der Waals surface area contributed by atoms with Gasteiger partial charge in [-0.15, -0.1) is 10.2 Å². The summed E-state index contributed by atoms with van der Waals surface area (Å²) in [6.45, 7) is 0.317. The number of nitrogens with one attached hydrogen (secondary N) is 3. The van der Waals surface area contributed by atoms with E-state index in [0.29, 0.717) is 28.1 Å². The second-order valence-corrected chi connectivity index (χ2v) is 11.9. The molecule has 50 heavy (non-hydrogen) atoms. The molecule has 15 heteroatoms. The molecule has 2 aliphatic rings. The molecule has 1 fully saturated rings. The second-order valence-electron chi connectivity index (χ2n) is 11.9. The zero-order chi connectivity index (χ0) is 35.9. The van der Waals surface area contributed by atoms with Crippen LogP contribution in [0.3, 0.4) is 0 Å². The van der Waals surface area contributed by atoms with Crippen molar-refractivity contribution in [3.05, 3.63) is 83.4 Å². The molecule has 260 valence electrons. The lowest BCUT2D eigenvalue weighted by Gasteiger charge is -2.27. The minimum atomic E-state index is -0.838. The molecule has 1 aromatic carbocycles. The summed E-state index contributed by atoms with van der Waals surface area (Å²) in [4.78, 5) is 59.5. The molecule has 5 rings (SSSR count). The van der Waals surface area contributed by atoms with Crippen LogP contribution in [0.15, 0.2) is 66.2 Å². The Morgan fingerprint density at radius 3 is 2.56 bits per heavy atom. The Labute approximate surface area is 288 Å². The summed E-state index contributed by atoms with van der Waals surface area (Å²) in [6, 6.07) is 8.08. The van der Waals surface area contributed by atoms with Gasteiger partial charge in [0, 0.05) is 89.5 Å². The van der Waals surface area contributed by atoms with Crippen LogP contribution in [0.2, 0.25) is 0 Å². The van der Waals surface area contributed by atoms with E-state index in [1.165, 1.54) is 37.4 Å². The maximum absolute atomic E-state index is 15.9. The van der Waals surface area contributed by atoms with Gasteiger partial charge in [-0.2, -0.15) is 0 Å². The summed E-state index contributed by atoms with van der Waals surface area (Å²) < 4.78 is 21.0. The van der Waals surface area contributed by atoms with Crippen LogP contribution in [0.4, 0.5) is 27.3 Å². The number of ether oxygens (including phenoxy) is 1. The molecule has 0 saturated heterocycles. The fraction of sp³-hybridized carbons (Fsp3) is 0.314. The van der Waals surface area contributed by atoms with E-state index in [2.05, 4.69) is 31.1 Å². The quantitative estimate of drug-likeness (QED) is 0.227. The van der Waals surface area contributed by atoms with Gasteiger partial charge >= 0.3 is 0 Å². The lowest BCUT2D eigenvalue weighted by atomic mass is 10.0. The van der Waals surface area contributed by atoms with Crippen molar-refractivity contribution in [3.63, 3.8) is 0 Å². The van der Waals surface area contributed by atoms with Crippen molar-refractivity contribution >= 4 is 46.5 Å². The summed E-state index contributed by atoms with van der Waals surface area (Å²) in [6.07, 6.45) is 8.17. The number of para-hydroxylation sites is 1. The van der Waals surface area contributed by atoms with Gasteiger partial charge in [0.2, 0.25) is 5.91 Å². The predicted octanol–water partition coefficient (Wildman–Crippen LogP) is 3.39. The molecule has 0 bridgehead atoms. The number of benzene rings is 1. The molecule has 0 atom stereocenters. The fourth-order valence-electron chi connectivity index (χ4n) is 5.40. The highest BCUT2D eigenvalue weighted by Crippen LogP contribution is 2.39. The topological polar surface area (TPSA) is 162 Å². The third-order valence-electron chi connectivity index (χ3n) is 8.12. The first kappa shape index (κ1) is 35.4. The average molecular weight is 684 g/mol. The summed E-state index contributed by atoms with van der Waals surface area (Å²) in [5, 5.41) is 16.6. The Bertz CT molecular complexity index is 1920. The summed E-state index contributed by atoms with van der Waals surface area (Å²) in [7, 11) is 8.27. The maximum Gasteiger partial charge on any atom is 0.275 e. The van der Waals surface area contributed by atoms with Crippen LogP contribution in [0.5, 0.6) is 0 Å². The van der Waals surface area contributed by atoms with Gasteiger partial charge in [-0.1, -0.05) is 18.2 Å². The van der Waals surface area contributed by atoms with Gasteiger partial charge in [-0.25, -0.2) is 14.2 Å². The summed E-state index contributed by atoms with van der Waals surface area (Å²) >= 11 is 0. The number of carbonyl (C=O) groups is 3. The van der Waals surface area contributed by atoms with Crippen LogP contribution in [0.25, 0.3) is 11.1 Å². The molecule has 3 N–H and O–H groups in total. The Morgan fingerprint density at radius 1 is 1.12 bits per heavy atom. The number of aromatic nitrogens is 3. The molecule has 3 heterocycles. The summed E-state index contributed by atoms with van der Waals surface area (Å²) in [5.74, 6) is -0.131. The maximum atomic E-state index is 15.9. The minimum absolute atomic E-state index is 0.00282. The lowest BCUT2D eigenvalue weighted by molar-refractivity contribution is -0.117. The molecule has 3 amide bonds. The van der Waals surface area contributed by atoms with Gasteiger partial charge in [0.15, 0.2) is 29.0 Å². The predicted molar refractivity (Wildman–Crippen MR) is 186 cm³/mol. The van der Waals surface area contributed by atoms with E-state index >= 15 is 4.39 Å². The van der Waals surface area contributed by atoms with Gasteiger partial charge in [0.25, 0.3) is 11.8 Å². The molecule has 1 aliphatic carbocycles. The molecule has 14 nitrogen and oxygen atoms in total. The summed E-state index contributed by atoms with van der Waals surface area (Å²) in [5.41, 5.74) is 2.82. The van der Waals surface area contributed by atoms with Gasteiger partial charge in [-0.05, 0) is 31.1 Å². The van der Waals surface area contributed by atoms with Gasteiger partial charge < -0.3 is 35.4 Å². The van der Waals surface area contributed by atoms with Crippen molar-refractivity contribution < 1.29 is 28.3 Å². The molecule has 0 spiro atoms. The smallest absolute Gasteiger partial charge is 0.275 e. The first-order valence-electron chi connectivity index (χ1n) is 15.8. The van der Waals surface area contributed by atoms with E-state index in [4.69, 9.17) is 4.74 Å². The minimum Gasteiger partial charge on any atom is -0.383 e. The Hall–Kier alpha value is -5.92. The number of hydrogen-bond acceptors (Lipinski definition) is 11. The van der Waals surface area contributed by atoms with Crippen LogP contribution in [-0.2, 0) is 14.3 Å². The largest absolute Gasteiger partial charge is 0.383 e. The first-order chi connectivity index (χ1) is 24.1. The Kier molecular flexibility index (Phi) is 11.0. The Morgan fingerprint density at radius 2 is 1.90 bits per heavy atom. The number of likely N-dealkylation sites (N-methyl/N-ethyl adjacent to an activating group) is 1. The standard InChI is InChI=1S/C35H38FN9O5/c1-37-34(48)31-27(17-29(41-42-31)40-33(47)21-11-12-21)39-26-10-6-9-24(32(26)43(2)3)23-16-25(36)30(38-18-23)35(49)45(14-15-50-5)19-22-8-7-13-44(4)28(22)20-46/h6-10,13,16-18,21H,11-12,14-15,19H2,1-5H3,(H,37,48)(H2,39,40,41,47). The van der Waals surface area contributed by atoms with Gasteiger partial charge in [0.05, 0.1) is 23.7 Å². The van der Waals surface area contributed by atoms with Crippen LogP contribution in [-0.4, -0.2) is 104 Å². The normalized spacial score (nSPS) is 13.7. The number of allylic oxidation sites excluding steroid dienone is 2. The molecular weight excluding hydrogens is 645 g/mol. The van der Waals surface area contributed by atoms with Crippen molar-refractivity contribution in [2.24, 2.45) is 5.92 Å². The number of pyridine rings is 1. The lowest BCUT2D eigenvalue weighted by Crippen LogP contribution is -2.38. The number of nitrogens with zero attached hydrogens (tertiary/aromatic N) is 6. The van der Waals surface area contributed by atoms with Crippen molar-refractivity contribution in [2.75, 3.05) is 70.5 Å². The van der Waals surface area contributed by atoms with E-state index in [9.17, 15) is 19.2 Å². The number of hydrogen-bond donors (Lipinski definition) is 3. The number of carbonyl (C=O) groups excluding carboxylic acids is 4. The van der Waals surface area contributed by atoms with Crippen LogP contribution in [0.1, 0.15) is 33.8 Å². The SMILES string of the molecule is CNC(=O)c1nnc(NC(=O)C2CC2)cc1Nc1cccc(-c2cnc(C(=O)N(CCOC)CC3=CC=CN(C)C3=C=O)c(F)c2)c1N(C)C. The number of methoxy groups -OCH3 is 1. The zero-order valence-electron chi connectivity index (χ0n) is 28.4. The molecule has 0 unspecified atom stereocenters. The molecule has 1 aliphatic heterocycles. The fourth-order valence-corrected chi connectivity index (χ4v) is 5.40. The highest BCUT2D eigenvalue weighted by atomic mass is 19.1. The molecule has 1 saturated carbocycles. The van der Waals surface area contributed by atoms with Gasteiger partial charge in [-0.3, -0.25) is 14.4 Å². The van der Waals surface area contributed by atoms with E-state index in [-0.39, 0.29) is 60.1 Å². The Balaban J connectivity index is 1.47. The zero-order valence-corrected chi connectivity index (χ0v) is 28.4. The van der Waals surface area contributed by atoms with Crippen LogP contribution < -0.4 is 20.9 Å². The van der Waals surface area contributed by atoms with Crippen LogP contribution >= 0.6 is 0 Å². The van der Waals surface area contributed by atoms with Crippen molar-refractivity contribution in [3.8, 4) is 11.1 Å². The van der Waals surface area contributed by atoms with Crippen molar-refractivity contribution in [2.45, 2.75) is 12.8 Å². The van der Waals surface area contributed by atoms with Gasteiger partial charge in [0.1, 0.15) is 5.70 Å². The second kappa shape index (κ2) is 15.5. The molecule has 0 radical (unpaired) electrons. The number of halogens is 1. The van der Waals surface area contributed by atoms with Crippen LogP contribution in [0, 0.1) is 11.7 Å². The average Bonchev–Trinajstić information content (AvgIpc) is 3.96. The molecule has 2 aromatic heterocycles. The number of anilines is 4. The molecule has 3 aromatic rings. The molecular formula is C35H38FN9O5. The highest BCUT2D eigenvalue weighted by molar-refractivity contribution is 6.01. The first-order valence-corrected chi connectivity index (χ1v) is 15.8. The number of rotatable bonds is 13. The van der Waals surface area contributed by atoms with E-state index in [1.807, 2.05) is 10.8 Å². The highest BCUT2D eigenvalue weighted by Gasteiger charge is 2.30. The number of amides is 3. The third kappa shape index (κ3) is 7.86. The van der Waals surface area contributed by atoms with E-state index in [0.717, 1.165) is 12.8 Å². The third-order valence-corrected chi connectivity index (χ3v) is 8.12. The van der Waals surface area contributed by atoms with Crippen molar-refractivity contribution in [1.29, 1.82) is 0 Å². The monoisotopic (exact) mass is 683 g/mol. The van der Waals surface area contributed by atoms with Crippen molar-refractivity contribution in [1.82, 2.24) is 30.3 Å². The van der Waals surface area contributed by atoms with E-state index in [1.54, 1.807) is 62.6 Å². The van der Waals surface area contributed by atoms with E-state index < -0.39 is 17.6 Å².